The fourth-order valence-corrected chi connectivity index (χ4v) is 4.47. The highest BCUT2D eigenvalue weighted by atomic mass is 16.2. The highest BCUT2D eigenvalue weighted by Crippen LogP contribution is 2.31. The molecule has 4 amide bonds. The number of carbonyl (C=O) groups excluding carboxylic acids is 4. The Kier molecular flexibility index (Phi) is 4.59. The van der Waals surface area contributed by atoms with Crippen molar-refractivity contribution >= 4 is 23.6 Å². The van der Waals surface area contributed by atoms with Crippen LogP contribution in [0.4, 0.5) is 0 Å². The van der Waals surface area contributed by atoms with Gasteiger partial charge in [-0.25, -0.2) is 0 Å². The van der Waals surface area contributed by atoms with Gasteiger partial charge in [0.1, 0.15) is 6.04 Å². The number of nitrogens with zero attached hydrogens (tertiary/aromatic N) is 4. The maximum atomic E-state index is 13.2. The first kappa shape index (κ1) is 19.5. The Bertz CT molecular complexity index is 1080. The van der Waals surface area contributed by atoms with Gasteiger partial charge >= 0.3 is 0 Å². The van der Waals surface area contributed by atoms with Crippen LogP contribution < -0.4 is 16.0 Å². The third kappa shape index (κ3) is 3.11. The molecule has 0 aliphatic carbocycles. The van der Waals surface area contributed by atoms with Gasteiger partial charge in [-0.2, -0.15) is 5.21 Å². The zero-order valence-corrected chi connectivity index (χ0v) is 16.5. The number of tetrazole rings is 1. The third-order valence-electron chi connectivity index (χ3n) is 6.10. The Morgan fingerprint density at radius 3 is 2.77 bits per heavy atom. The number of aromatic amines is 1. The number of piperidine rings is 1. The SMILES string of the molecule is O=C1CCC(N2C(=O)c3cccc(CNC4(c5nn[nH]n5)CCNC4)c3C2=O)C(=O)N1. The van der Waals surface area contributed by atoms with Crippen molar-refractivity contribution in [3.63, 3.8) is 0 Å². The zero-order valence-electron chi connectivity index (χ0n) is 16.5. The molecule has 2 saturated heterocycles. The molecule has 0 spiro atoms. The minimum atomic E-state index is -0.990. The van der Waals surface area contributed by atoms with Gasteiger partial charge in [0, 0.05) is 19.5 Å². The Hall–Kier alpha value is -3.51. The van der Waals surface area contributed by atoms with Crippen molar-refractivity contribution in [2.75, 3.05) is 13.1 Å². The van der Waals surface area contributed by atoms with Crippen molar-refractivity contribution in [3.8, 4) is 0 Å². The van der Waals surface area contributed by atoms with Crippen molar-refractivity contribution in [1.82, 2.24) is 41.5 Å². The summed E-state index contributed by atoms with van der Waals surface area (Å²) < 4.78 is 0. The van der Waals surface area contributed by atoms with Crippen LogP contribution in [0.1, 0.15) is 51.4 Å². The van der Waals surface area contributed by atoms with Crippen LogP contribution in [0.25, 0.3) is 0 Å². The van der Waals surface area contributed by atoms with Crippen LogP contribution in [-0.4, -0.2) is 68.3 Å². The molecular formula is C19H20N8O4. The molecule has 31 heavy (non-hydrogen) atoms. The van der Waals surface area contributed by atoms with E-state index in [9.17, 15) is 19.2 Å². The van der Waals surface area contributed by atoms with Gasteiger partial charge in [-0.1, -0.05) is 17.3 Å². The van der Waals surface area contributed by atoms with E-state index >= 15 is 0 Å². The number of aromatic nitrogens is 4. The standard InChI is InChI=1S/C19H20N8O4/c28-13-5-4-12(15(29)22-13)27-16(30)11-3-1-2-10(14(11)17(27)31)8-21-19(6-7-20-9-19)18-23-25-26-24-18/h1-3,12,20-21H,4-9H2,(H,22,28,29)(H,23,24,25,26). The quantitative estimate of drug-likeness (QED) is 0.422. The molecule has 4 N–H and O–H groups in total. The van der Waals surface area contributed by atoms with Crippen molar-refractivity contribution < 1.29 is 19.2 Å². The summed E-state index contributed by atoms with van der Waals surface area (Å²) in [5.41, 5.74) is 0.622. The van der Waals surface area contributed by atoms with Gasteiger partial charge in [0.25, 0.3) is 11.8 Å². The number of fused-ring (bicyclic) bond motifs is 1. The number of hydrogen-bond acceptors (Lipinski definition) is 9. The second-order valence-electron chi connectivity index (χ2n) is 7.88. The van der Waals surface area contributed by atoms with Gasteiger partial charge in [-0.05, 0) is 31.0 Å². The van der Waals surface area contributed by atoms with E-state index in [-0.39, 0.29) is 24.0 Å². The molecule has 1 aromatic heterocycles. The molecule has 0 bridgehead atoms. The van der Waals surface area contributed by atoms with Gasteiger partial charge < -0.3 is 5.32 Å². The molecular weight excluding hydrogens is 404 g/mol. The van der Waals surface area contributed by atoms with Gasteiger partial charge in [0.15, 0.2) is 5.82 Å². The zero-order chi connectivity index (χ0) is 21.6. The van der Waals surface area contributed by atoms with E-state index in [1.165, 1.54) is 0 Å². The van der Waals surface area contributed by atoms with Crippen LogP contribution in [0.15, 0.2) is 18.2 Å². The summed E-state index contributed by atoms with van der Waals surface area (Å²) in [5, 5.41) is 23.3. The second-order valence-corrected chi connectivity index (χ2v) is 7.88. The number of amides is 4. The normalized spacial score (nSPS) is 25.8. The fourth-order valence-electron chi connectivity index (χ4n) is 4.47. The Balaban J connectivity index is 1.42. The first-order valence-corrected chi connectivity index (χ1v) is 10.0. The number of H-pyrrole nitrogens is 1. The number of benzene rings is 1. The maximum Gasteiger partial charge on any atom is 0.262 e. The maximum absolute atomic E-state index is 13.2. The van der Waals surface area contributed by atoms with E-state index in [1.54, 1.807) is 18.2 Å². The van der Waals surface area contributed by atoms with Gasteiger partial charge in [-0.3, -0.25) is 34.7 Å². The van der Waals surface area contributed by atoms with E-state index < -0.39 is 35.2 Å². The molecule has 12 heteroatoms. The highest BCUT2D eigenvalue weighted by Gasteiger charge is 2.46. The third-order valence-corrected chi connectivity index (χ3v) is 6.10. The Morgan fingerprint density at radius 1 is 1.19 bits per heavy atom. The lowest BCUT2D eigenvalue weighted by Crippen LogP contribution is -2.54. The van der Waals surface area contributed by atoms with Gasteiger partial charge in [0.2, 0.25) is 11.8 Å². The number of rotatable bonds is 5. The largest absolute Gasteiger partial charge is 0.314 e. The first-order chi connectivity index (χ1) is 15.0. The number of hydrogen-bond donors (Lipinski definition) is 4. The van der Waals surface area contributed by atoms with Crippen molar-refractivity contribution in [2.24, 2.45) is 0 Å². The van der Waals surface area contributed by atoms with Crippen LogP contribution in [0, 0.1) is 0 Å². The van der Waals surface area contributed by atoms with E-state index in [2.05, 4.69) is 36.6 Å². The first-order valence-electron chi connectivity index (χ1n) is 10.0. The van der Waals surface area contributed by atoms with E-state index in [4.69, 9.17) is 0 Å². The molecule has 160 valence electrons. The molecule has 3 aliphatic rings. The average molecular weight is 424 g/mol. The molecule has 0 radical (unpaired) electrons. The van der Waals surface area contributed by atoms with Crippen LogP contribution in [0.5, 0.6) is 0 Å². The Morgan fingerprint density at radius 2 is 2.06 bits per heavy atom. The summed E-state index contributed by atoms with van der Waals surface area (Å²) >= 11 is 0. The van der Waals surface area contributed by atoms with Crippen molar-refractivity contribution in [2.45, 2.75) is 37.4 Å². The number of imide groups is 2. The molecule has 2 fully saturated rings. The van der Waals surface area contributed by atoms with Crippen LogP contribution in [-0.2, 0) is 21.7 Å². The molecule has 2 atom stereocenters. The van der Waals surface area contributed by atoms with E-state index in [1.807, 2.05) is 0 Å². The molecule has 4 heterocycles. The Labute approximate surface area is 176 Å². The molecule has 0 saturated carbocycles. The number of nitrogens with one attached hydrogen (secondary N) is 4. The van der Waals surface area contributed by atoms with Gasteiger partial charge in [-0.15, -0.1) is 10.2 Å². The van der Waals surface area contributed by atoms with Crippen LogP contribution in [0.3, 0.4) is 0 Å². The average Bonchev–Trinajstić information content (AvgIpc) is 3.50. The summed E-state index contributed by atoms with van der Waals surface area (Å²) in [6.07, 6.45) is 0.936. The smallest absolute Gasteiger partial charge is 0.262 e. The molecule has 2 unspecified atom stereocenters. The fraction of sp³-hybridized carbons (Fsp3) is 0.421. The monoisotopic (exact) mass is 424 g/mol. The molecule has 3 aliphatic heterocycles. The molecule has 2 aromatic rings. The topological polar surface area (TPSA) is 162 Å². The van der Waals surface area contributed by atoms with Crippen molar-refractivity contribution in [3.05, 3.63) is 40.7 Å². The predicted molar refractivity (Wildman–Crippen MR) is 103 cm³/mol. The lowest BCUT2D eigenvalue weighted by Gasteiger charge is -2.28. The predicted octanol–water partition coefficient (Wildman–Crippen LogP) is -1.42. The van der Waals surface area contributed by atoms with Crippen LogP contribution in [0.2, 0.25) is 0 Å². The summed E-state index contributed by atoms with van der Waals surface area (Å²) in [7, 11) is 0. The minimum Gasteiger partial charge on any atom is -0.314 e. The minimum absolute atomic E-state index is 0.0818. The van der Waals surface area contributed by atoms with E-state index in [0.29, 0.717) is 24.5 Å². The molecule has 12 nitrogen and oxygen atoms in total. The van der Waals surface area contributed by atoms with Crippen LogP contribution >= 0.6 is 0 Å². The van der Waals surface area contributed by atoms with Gasteiger partial charge in [0.05, 0.1) is 16.7 Å². The second kappa shape index (κ2) is 7.32. The molecule has 5 rings (SSSR count). The highest BCUT2D eigenvalue weighted by molar-refractivity contribution is 6.24. The number of carbonyl (C=O) groups is 4. The summed E-state index contributed by atoms with van der Waals surface area (Å²) in [6, 6.07) is 4.08. The summed E-state index contributed by atoms with van der Waals surface area (Å²) in [4.78, 5) is 50.9. The lowest BCUT2D eigenvalue weighted by atomic mass is 9.96. The van der Waals surface area contributed by atoms with E-state index in [0.717, 1.165) is 17.9 Å². The summed E-state index contributed by atoms with van der Waals surface area (Å²) in [6.45, 7) is 1.66. The lowest BCUT2D eigenvalue weighted by molar-refractivity contribution is -0.136. The van der Waals surface area contributed by atoms with Crippen molar-refractivity contribution in [1.29, 1.82) is 0 Å². The molecule has 1 aromatic carbocycles. The summed E-state index contributed by atoms with van der Waals surface area (Å²) in [5.74, 6) is -1.55.